The third kappa shape index (κ3) is 51.8. The normalized spacial score (nSPS) is 12.6. The van der Waals surface area contributed by atoms with E-state index < -0.39 is 12.1 Å². The SMILES string of the molecule is CCCCCCCCCCCCCCCCCCCCCCC(O)C(CO)NC(=O)CCCCCCCCC/C=C\CCCCCCCCOC(=O)CCCCCCCCCCCCC. The van der Waals surface area contributed by atoms with E-state index >= 15 is 0 Å². The van der Waals surface area contributed by atoms with Crippen LogP contribution in [-0.2, 0) is 14.3 Å². The number of aliphatic hydroxyl groups is 2. The largest absolute Gasteiger partial charge is 0.466 e. The van der Waals surface area contributed by atoms with E-state index in [0.717, 1.165) is 51.4 Å². The van der Waals surface area contributed by atoms with Gasteiger partial charge in [0.15, 0.2) is 0 Å². The Bertz CT molecular complexity index is 970. The first-order chi connectivity index (χ1) is 32.0. The van der Waals surface area contributed by atoms with Crippen molar-refractivity contribution in [2.45, 2.75) is 341 Å². The van der Waals surface area contributed by atoms with Gasteiger partial charge >= 0.3 is 5.97 Å². The van der Waals surface area contributed by atoms with Gasteiger partial charge in [-0.3, -0.25) is 9.59 Å². The molecule has 0 aliphatic carbocycles. The van der Waals surface area contributed by atoms with Gasteiger partial charge in [0.1, 0.15) is 0 Å². The number of hydrogen-bond acceptors (Lipinski definition) is 5. The number of hydrogen-bond donors (Lipinski definition) is 3. The number of aliphatic hydroxyl groups excluding tert-OH is 2. The van der Waals surface area contributed by atoms with Crippen LogP contribution in [0.25, 0.3) is 0 Å². The van der Waals surface area contributed by atoms with Crippen LogP contribution in [0.3, 0.4) is 0 Å². The van der Waals surface area contributed by atoms with Crippen LogP contribution in [0.1, 0.15) is 328 Å². The van der Waals surface area contributed by atoms with Crippen LogP contribution in [0.5, 0.6) is 0 Å². The molecule has 0 aromatic heterocycles. The van der Waals surface area contributed by atoms with Crippen molar-refractivity contribution in [2.75, 3.05) is 13.2 Å². The molecule has 2 atom stereocenters. The van der Waals surface area contributed by atoms with Crippen molar-refractivity contribution in [3.05, 3.63) is 12.2 Å². The summed E-state index contributed by atoms with van der Waals surface area (Å²) < 4.78 is 5.45. The summed E-state index contributed by atoms with van der Waals surface area (Å²) in [7, 11) is 0. The Hall–Kier alpha value is -1.40. The van der Waals surface area contributed by atoms with Crippen molar-refractivity contribution in [2.24, 2.45) is 0 Å². The number of allylic oxidation sites excluding steroid dienone is 2. The molecule has 0 fully saturated rings. The maximum atomic E-state index is 12.5. The molecule has 386 valence electrons. The van der Waals surface area contributed by atoms with Crippen LogP contribution in [0.15, 0.2) is 12.2 Å². The number of carbonyl (C=O) groups is 2. The zero-order valence-electron chi connectivity index (χ0n) is 44.0. The fourth-order valence-corrected chi connectivity index (χ4v) is 9.28. The van der Waals surface area contributed by atoms with Gasteiger partial charge < -0.3 is 20.3 Å². The quantitative estimate of drug-likeness (QED) is 0.0321. The second-order valence-electron chi connectivity index (χ2n) is 20.3. The Morgan fingerprint density at radius 2 is 0.723 bits per heavy atom. The molecule has 1 amide bonds. The smallest absolute Gasteiger partial charge is 0.305 e. The Kier molecular flexibility index (Phi) is 54.0. The van der Waals surface area contributed by atoms with Gasteiger partial charge in [-0.2, -0.15) is 0 Å². The van der Waals surface area contributed by atoms with Crippen LogP contribution in [0, 0.1) is 0 Å². The van der Waals surface area contributed by atoms with Gasteiger partial charge in [0.05, 0.1) is 25.4 Å². The maximum Gasteiger partial charge on any atom is 0.305 e. The molecule has 0 aromatic carbocycles. The second kappa shape index (κ2) is 55.2. The highest BCUT2D eigenvalue weighted by Gasteiger charge is 2.20. The van der Waals surface area contributed by atoms with Crippen LogP contribution < -0.4 is 5.32 Å². The number of carbonyl (C=O) groups excluding carboxylic acids is 2. The van der Waals surface area contributed by atoms with Crippen molar-refractivity contribution >= 4 is 11.9 Å². The molecular formula is C59H115NO5. The number of unbranched alkanes of at least 4 members (excludes halogenated alkanes) is 42. The van der Waals surface area contributed by atoms with E-state index in [1.54, 1.807) is 0 Å². The van der Waals surface area contributed by atoms with Gasteiger partial charge in [-0.15, -0.1) is 0 Å². The fourth-order valence-electron chi connectivity index (χ4n) is 9.28. The number of ether oxygens (including phenoxy) is 1. The minimum Gasteiger partial charge on any atom is -0.466 e. The summed E-state index contributed by atoms with van der Waals surface area (Å²) in [6.07, 6.45) is 64.9. The lowest BCUT2D eigenvalue weighted by Crippen LogP contribution is -2.45. The highest BCUT2D eigenvalue weighted by molar-refractivity contribution is 5.76. The molecule has 0 saturated heterocycles. The lowest BCUT2D eigenvalue weighted by Gasteiger charge is -2.22. The molecule has 0 aromatic rings. The predicted molar refractivity (Wildman–Crippen MR) is 283 cm³/mol. The summed E-state index contributed by atoms with van der Waals surface area (Å²) in [5.74, 6) is -0.0451. The van der Waals surface area contributed by atoms with Gasteiger partial charge in [-0.25, -0.2) is 0 Å². The topological polar surface area (TPSA) is 95.9 Å². The molecule has 0 aliphatic rings. The van der Waals surface area contributed by atoms with Crippen LogP contribution in [0.4, 0.5) is 0 Å². The first-order valence-electron chi connectivity index (χ1n) is 29.4. The predicted octanol–water partition coefficient (Wildman–Crippen LogP) is 18.1. The van der Waals surface area contributed by atoms with Crippen molar-refractivity contribution < 1.29 is 24.5 Å². The number of esters is 1. The van der Waals surface area contributed by atoms with Gasteiger partial charge in [0.25, 0.3) is 0 Å². The molecule has 0 rings (SSSR count). The molecule has 0 radical (unpaired) electrons. The summed E-state index contributed by atoms with van der Waals surface area (Å²) >= 11 is 0. The van der Waals surface area contributed by atoms with E-state index in [1.165, 1.54) is 244 Å². The minimum atomic E-state index is -0.672. The van der Waals surface area contributed by atoms with Gasteiger partial charge in [0, 0.05) is 12.8 Å². The molecule has 6 nitrogen and oxygen atoms in total. The monoisotopic (exact) mass is 918 g/mol. The molecule has 6 heteroatoms. The third-order valence-corrected chi connectivity index (χ3v) is 13.8. The van der Waals surface area contributed by atoms with Gasteiger partial charge in [0.2, 0.25) is 5.91 Å². The molecule has 65 heavy (non-hydrogen) atoms. The summed E-state index contributed by atoms with van der Waals surface area (Å²) in [6.45, 7) is 4.95. The van der Waals surface area contributed by atoms with Crippen molar-refractivity contribution in [1.82, 2.24) is 5.32 Å². The van der Waals surface area contributed by atoms with Gasteiger partial charge in [-0.05, 0) is 51.4 Å². The van der Waals surface area contributed by atoms with E-state index in [2.05, 4.69) is 31.3 Å². The Labute approximate surface area is 406 Å². The maximum absolute atomic E-state index is 12.5. The average molecular weight is 919 g/mol. The second-order valence-corrected chi connectivity index (χ2v) is 20.3. The van der Waals surface area contributed by atoms with E-state index in [-0.39, 0.29) is 18.5 Å². The Balaban J connectivity index is 3.46. The summed E-state index contributed by atoms with van der Waals surface area (Å²) in [5, 5.41) is 23.3. The lowest BCUT2D eigenvalue weighted by molar-refractivity contribution is -0.143. The molecule has 0 spiro atoms. The number of rotatable bonds is 55. The van der Waals surface area contributed by atoms with Crippen molar-refractivity contribution in [3.8, 4) is 0 Å². The first kappa shape index (κ1) is 63.6. The molecule has 2 unspecified atom stereocenters. The molecule has 0 heterocycles. The van der Waals surface area contributed by atoms with Crippen molar-refractivity contribution in [3.63, 3.8) is 0 Å². The lowest BCUT2D eigenvalue weighted by atomic mass is 10.0. The van der Waals surface area contributed by atoms with Crippen LogP contribution in [0.2, 0.25) is 0 Å². The minimum absolute atomic E-state index is 0.00138. The summed E-state index contributed by atoms with van der Waals surface area (Å²) in [5.41, 5.74) is 0. The Morgan fingerprint density at radius 1 is 0.415 bits per heavy atom. The highest BCUT2D eigenvalue weighted by Crippen LogP contribution is 2.17. The summed E-state index contributed by atoms with van der Waals surface area (Å²) in [4.78, 5) is 24.5. The molecule has 0 saturated carbocycles. The molecule has 0 aliphatic heterocycles. The van der Waals surface area contributed by atoms with E-state index in [0.29, 0.717) is 25.9 Å². The van der Waals surface area contributed by atoms with E-state index in [4.69, 9.17) is 4.74 Å². The fraction of sp³-hybridized carbons (Fsp3) is 0.932. The van der Waals surface area contributed by atoms with Gasteiger partial charge in [-0.1, -0.05) is 276 Å². The third-order valence-electron chi connectivity index (χ3n) is 13.8. The van der Waals surface area contributed by atoms with Crippen LogP contribution in [-0.4, -0.2) is 47.4 Å². The highest BCUT2D eigenvalue weighted by atomic mass is 16.5. The zero-order chi connectivity index (χ0) is 47.2. The molecular weight excluding hydrogens is 803 g/mol. The number of amides is 1. The average Bonchev–Trinajstić information content (AvgIpc) is 3.31. The number of nitrogens with one attached hydrogen (secondary N) is 1. The zero-order valence-corrected chi connectivity index (χ0v) is 44.0. The van der Waals surface area contributed by atoms with Crippen molar-refractivity contribution in [1.29, 1.82) is 0 Å². The van der Waals surface area contributed by atoms with E-state index in [1.807, 2.05) is 0 Å². The standard InChI is InChI=1S/C59H115NO5/c1-3-5-7-9-11-13-15-16-17-18-19-20-22-25-28-32-35-39-43-47-51-57(62)56(55-61)60-58(63)52-48-44-40-36-33-29-26-23-21-24-27-30-34-38-42-46-50-54-65-59(64)53-49-45-41-37-31-14-12-10-8-6-4-2/h21,24,56-57,61-62H,3-20,22-23,25-55H2,1-2H3,(H,60,63)/b24-21-. The van der Waals surface area contributed by atoms with E-state index in [9.17, 15) is 19.8 Å². The first-order valence-corrected chi connectivity index (χ1v) is 29.4. The Morgan fingerprint density at radius 3 is 1.09 bits per heavy atom. The summed E-state index contributed by atoms with van der Waals surface area (Å²) in [6, 6.07) is -0.550. The molecule has 3 N–H and O–H groups in total. The van der Waals surface area contributed by atoms with Crippen LogP contribution >= 0.6 is 0 Å². The molecule has 0 bridgehead atoms.